The molecule has 0 saturated heterocycles. The van der Waals surface area contributed by atoms with E-state index in [4.69, 9.17) is 14.9 Å². The fourth-order valence-electron chi connectivity index (χ4n) is 1.47. The van der Waals surface area contributed by atoms with Gasteiger partial charge in [-0.2, -0.15) is 0 Å². The number of methoxy groups -OCH3 is 1. The molecule has 0 aromatic carbocycles. The van der Waals surface area contributed by atoms with Crippen molar-refractivity contribution in [3.05, 3.63) is 24.2 Å². The second-order valence-electron chi connectivity index (χ2n) is 3.54. The molecule has 0 aliphatic heterocycles. The van der Waals surface area contributed by atoms with E-state index < -0.39 is 0 Å². The maximum atomic E-state index is 5.48. The van der Waals surface area contributed by atoms with Crippen LogP contribution >= 0.6 is 0 Å². The monoisotopic (exact) mass is 212 g/mol. The van der Waals surface area contributed by atoms with Crippen LogP contribution in [0.25, 0.3) is 0 Å². The minimum Gasteiger partial charge on any atom is -0.468 e. The van der Waals surface area contributed by atoms with E-state index in [0.29, 0.717) is 12.6 Å². The summed E-state index contributed by atoms with van der Waals surface area (Å²) in [6.45, 7) is 2.18. The van der Waals surface area contributed by atoms with Gasteiger partial charge in [0, 0.05) is 13.2 Å². The van der Waals surface area contributed by atoms with Crippen LogP contribution < -0.4 is 11.1 Å². The first-order chi connectivity index (χ1) is 7.36. The number of furan rings is 1. The topological polar surface area (TPSA) is 60.4 Å². The molecule has 4 nitrogen and oxygen atoms in total. The number of rotatable bonds is 8. The summed E-state index contributed by atoms with van der Waals surface area (Å²) in [5.74, 6) is 0.948. The van der Waals surface area contributed by atoms with E-state index >= 15 is 0 Å². The summed E-state index contributed by atoms with van der Waals surface area (Å²) >= 11 is 0. The summed E-state index contributed by atoms with van der Waals surface area (Å²) in [5.41, 5.74) is 5.48. The van der Waals surface area contributed by atoms with Gasteiger partial charge in [0.05, 0.1) is 19.4 Å². The summed E-state index contributed by atoms with van der Waals surface area (Å²) in [6.07, 6.45) is 3.73. The predicted molar refractivity (Wildman–Crippen MR) is 59.5 cm³/mol. The Bertz CT molecular complexity index is 237. The van der Waals surface area contributed by atoms with E-state index in [2.05, 4.69) is 5.32 Å². The Morgan fingerprint density at radius 1 is 1.60 bits per heavy atom. The van der Waals surface area contributed by atoms with Gasteiger partial charge >= 0.3 is 0 Å². The molecule has 1 rings (SSSR count). The normalized spacial score (nSPS) is 12.9. The van der Waals surface area contributed by atoms with Gasteiger partial charge in [0.2, 0.25) is 0 Å². The van der Waals surface area contributed by atoms with Crippen LogP contribution in [0, 0.1) is 0 Å². The molecule has 0 radical (unpaired) electrons. The maximum Gasteiger partial charge on any atom is 0.117 e. The first-order valence-electron chi connectivity index (χ1n) is 5.31. The highest BCUT2D eigenvalue weighted by Crippen LogP contribution is 2.02. The zero-order valence-electron chi connectivity index (χ0n) is 9.24. The molecule has 1 aromatic heterocycles. The molecule has 4 heteroatoms. The molecular weight excluding hydrogens is 192 g/mol. The van der Waals surface area contributed by atoms with E-state index in [1.807, 2.05) is 12.1 Å². The summed E-state index contributed by atoms with van der Waals surface area (Å²) in [6, 6.07) is 4.20. The highest BCUT2D eigenvalue weighted by molar-refractivity contribution is 4.97. The van der Waals surface area contributed by atoms with Crippen LogP contribution in [0.3, 0.4) is 0 Å². The molecule has 0 aliphatic rings. The lowest BCUT2D eigenvalue weighted by Crippen LogP contribution is -2.33. The number of hydrogen-bond acceptors (Lipinski definition) is 4. The average Bonchev–Trinajstić information content (AvgIpc) is 2.75. The van der Waals surface area contributed by atoms with Gasteiger partial charge in [-0.05, 0) is 31.5 Å². The number of hydrogen-bond donors (Lipinski definition) is 2. The van der Waals surface area contributed by atoms with Gasteiger partial charge in [-0.25, -0.2) is 0 Å². The zero-order valence-corrected chi connectivity index (χ0v) is 9.24. The minimum absolute atomic E-state index is 0.351. The van der Waals surface area contributed by atoms with Gasteiger partial charge in [-0.3, -0.25) is 0 Å². The van der Waals surface area contributed by atoms with Gasteiger partial charge in [-0.1, -0.05) is 0 Å². The summed E-state index contributed by atoms with van der Waals surface area (Å²) in [7, 11) is 1.71. The number of nitrogens with two attached hydrogens (primary N) is 1. The van der Waals surface area contributed by atoms with Crippen molar-refractivity contribution in [3.63, 3.8) is 0 Å². The van der Waals surface area contributed by atoms with Crippen molar-refractivity contribution in [2.24, 2.45) is 5.73 Å². The molecular formula is C11H20N2O2. The summed E-state index contributed by atoms with van der Waals surface area (Å²) in [4.78, 5) is 0. The van der Waals surface area contributed by atoms with Crippen LogP contribution in [0.4, 0.5) is 0 Å². The summed E-state index contributed by atoms with van der Waals surface area (Å²) < 4.78 is 10.4. The highest BCUT2D eigenvalue weighted by Gasteiger charge is 2.07. The third kappa shape index (κ3) is 4.97. The molecule has 1 atom stereocenters. The highest BCUT2D eigenvalue weighted by atomic mass is 16.5. The van der Waals surface area contributed by atoms with Gasteiger partial charge in [0.25, 0.3) is 0 Å². The lowest BCUT2D eigenvalue weighted by Gasteiger charge is -2.16. The van der Waals surface area contributed by atoms with Crippen LogP contribution in [0.1, 0.15) is 18.6 Å². The molecule has 1 aromatic rings. The predicted octanol–water partition coefficient (Wildman–Crippen LogP) is 1.12. The average molecular weight is 212 g/mol. The molecule has 0 bridgehead atoms. The molecule has 0 aliphatic carbocycles. The van der Waals surface area contributed by atoms with E-state index in [-0.39, 0.29) is 0 Å². The lowest BCUT2D eigenvalue weighted by molar-refractivity contribution is 0.160. The fraction of sp³-hybridized carbons (Fsp3) is 0.636. The van der Waals surface area contributed by atoms with Crippen molar-refractivity contribution in [2.75, 3.05) is 20.3 Å². The van der Waals surface area contributed by atoms with Crippen LogP contribution in [0.15, 0.2) is 22.8 Å². The number of nitrogens with one attached hydrogen (secondary N) is 1. The van der Waals surface area contributed by atoms with E-state index in [1.54, 1.807) is 13.4 Å². The van der Waals surface area contributed by atoms with Crippen molar-refractivity contribution >= 4 is 0 Å². The summed E-state index contributed by atoms with van der Waals surface area (Å²) in [5, 5.41) is 3.38. The second kappa shape index (κ2) is 7.45. The Balaban J connectivity index is 2.24. The van der Waals surface area contributed by atoms with Crippen molar-refractivity contribution in [2.45, 2.75) is 25.4 Å². The molecule has 86 valence electrons. The van der Waals surface area contributed by atoms with Gasteiger partial charge in [0.15, 0.2) is 0 Å². The third-order valence-corrected chi connectivity index (χ3v) is 2.27. The van der Waals surface area contributed by atoms with Crippen LogP contribution in [0.2, 0.25) is 0 Å². The van der Waals surface area contributed by atoms with Crippen molar-refractivity contribution in [3.8, 4) is 0 Å². The van der Waals surface area contributed by atoms with Crippen molar-refractivity contribution < 1.29 is 9.15 Å². The largest absolute Gasteiger partial charge is 0.468 e. The van der Waals surface area contributed by atoms with Crippen LogP contribution in [-0.4, -0.2) is 26.3 Å². The SMILES string of the molecule is COCC(CCCN)NCc1ccco1. The lowest BCUT2D eigenvalue weighted by atomic mass is 10.1. The van der Waals surface area contributed by atoms with Gasteiger partial charge < -0.3 is 20.2 Å². The second-order valence-corrected chi connectivity index (χ2v) is 3.54. The number of ether oxygens (including phenoxy) is 1. The van der Waals surface area contributed by atoms with Gasteiger partial charge in [-0.15, -0.1) is 0 Å². The maximum absolute atomic E-state index is 5.48. The third-order valence-electron chi connectivity index (χ3n) is 2.27. The van der Waals surface area contributed by atoms with E-state index in [9.17, 15) is 0 Å². The quantitative estimate of drug-likeness (QED) is 0.678. The Labute approximate surface area is 90.8 Å². The molecule has 0 amide bonds. The van der Waals surface area contributed by atoms with E-state index in [1.165, 1.54) is 0 Å². The molecule has 1 heterocycles. The van der Waals surface area contributed by atoms with Crippen LogP contribution in [0.5, 0.6) is 0 Å². The zero-order chi connectivity index (χ0) is 10.9. The van der Waals surface area contributed by atoms with Crippen LogP contribution in [-0.2, 0) is 11.3 Å². The first-order valence-corrected chi connectivity index (χ1v) is 5.31. The van der Waals surface area contributed by atoms with E-state index in [0.717, 1.165) is 31.7 Å². The Hall–Kier alpha value is -0.840. The Morgan fingerprint density at radius 2 is 2.47 bits per heavy atom. The van der Waals surface area contributed by atoms with Crippen molar-refractivity contribution in [1.29, 1.82) is 0 Å². The molecule has 0 fully saturated rings. The minimum atomic E-state index is 0.351. The molecule has 15 heavy (non-hydrogen) atoms. The van der Waals surface area contributed by atoms with Crippen molar-refractivity contribution in [1.82, 2.24) is 5.32 Å². The first kappa shape index (κ1) is 12.2. The molecule has 1 unspecified atom stereocenters. The van der Waals surface area contributed by atoms with Gasteiger partial charge in [0.1, 0.15) is 5.76 Å². The smallest absolute Gasteiger partial charge is 0.117 e. The Kier molecular flexibility index (Phi) is 6.08. The fourth-order valence-corrected chi connectivity index (χ4v) is 1.47. The molecule has 0 spiro atoms. The Morgan fingerprint density at radius 3 is 3.07 bits per heavy atom. The standard InChI is InChI=1S/C11H20N2O2/c1-14-9-10(4-2-6-12)13-8-11-5-3-7-15-11/h3,5,7,10,13H,2,4,6,8-9,12H2,1H3. The molecule has 0 saturated carbocycles. The molecule has 3 N–H and O–H groups in total.